The van der Waals surface area contributed by atoms with Crippen LogP contribution >= 0.6 is 11.6 Å². The predicted octanol–water partition coefficient (Wildman–Crippen LogP) is 2.13. The van der Waals surface area contributed by atoms with Crippen molar-refractivity contribution in [2.75, 3.05) is 13.1 Å². The molecule has 0 aromatic heterocycles. The van der Waals surface area contributed by atoms with Crippen LogP contribution in [0, 0.1) is 12.8 Å². The number of nitrogens with one attached hydrogen (secondary N) is 1. The standard InChI is InChI=1S/C13H19ClN2/c1-9-2-3-10(6-12(9)14)7-13-11(8-15)4-5-16-13/h2-3,6,11,13,16H,4-5,7-8,15H2,1H3. The van der Waals surface area contributed by atoms with Gasteiger partial charge in [-0.1, -0.05) is 23.7 Å². The van der Waals surface area contributed by atoms with Crippen LogP contribution in [0.2, 0.25) is 5.02 Å². The molecule has 2 atom stereocenters. The van der Waals surface area contributed by atoms with Gasteiger partial charge in [0.2, 0.25) is 0 Å². The number of rotatable bonds is 3. The summed E-state index contributed by atoms with van der Waals surface area (Å²) in [6.07, 6.45) is 2.22. The lowest BCUT2D eigenvalue weighted by molar-refractivity contribution is 0.454. The summed E-state index contributed by atoms with van der Waals surface area (Å²) in [4.78, 5) is 0. The molecule has 0 saturated carbocycles. The summed E-state index contributed by atoms with van der Waals surface area (Å²) in [5.74, 6) is 0.611. The molecule has 3 N–H and O–H groups in total. The molecular weight excluding hydrogens is 220 g/mol. The van der Waals surface area contributed by atoms with Gasteiger partial charge < -0.3 is 11.1 Å². The fraction of sp³-hybridized carbons (Fsp3) is 0.538. The largest absolute Gasteiger partial charge is 0.330 e. The van der Waals surface area contributed by atoms with Crippen molar-refractivity contribution in [3.63, 3.8) is 0 Å². The summed E-state index contributed by atoms with van der Waals surface area (Å²) in [6.45, 7) is 3.89. The van der Waals surface area contributed by atoms with Gasteiger partial charge in [0.05, 0.1) is 0 Å². The van der Waals surface area contributed by atoms with Crippen LogP contribution in [0.3, 0.4) is 0 Å². The van der Waals surface area contributed by atoms with E-state index in [1.165, 1.54) is 12.0 Å². The van der Waals surface area contributed by atoms with Crippen molar-refractivity contribution in [3.8, 4) is 0 Å². The molecule has 1 aliphatic heterocycles. The summed E-state index contributed by atoms with van der Waals surface area (Å²) >= 11 is 6.12. The molecule has 1 aromatic carbocycles. The molecule has 1 aliphatic rings. The first-order valence-electron chi connectivity index (χ1n) is 5.89. The topological polar surface area (TPSA) is 38.0 Å². The number of benzene rings is 1. The average molecular weight is 239 g/mol. The zero-order chi connectivity index (χ0) is 11.5. The van der Waals surface area contributed by atoms with Gasteiger partial charge in [0, 0.05) is 11.1 Å². The van der Waals surface area contributed by atoms with Crippen LogP contribution in [0.1, 0.15) is 17.5 Å². The Morgan fingerprint density at radius 3 is 3.00 bits per heavy atom. The highest BCUT2D eigenvalue weighted by Gasteiger charge is 2.25. The SMILES string of the molecule is Cc1ccc(CC2NCCC2CN)cc1Cl. The highest BCUT2D eigenvalue weighted by atomic mass is 35.5. The van der Waals surface area contributed by atoms with E-state index in [0.717, 1.165) is 30.1 Å². The number of hydrogen-bond donors (Lipinski definition) is 2. The van der Waals surface area contributed by atoms with Gasteiger partial charge in [0.25, 0.3) is 0 Å². The highest BCUT2D eigenvalue weighted by molar-refractivity contribution is 6.31. The van der Waals surface area contributed by atoms with Gasteiger partial charge >= 0.3 is 0 Å². The predicted molar refractivity (Wildman–Crippen MR) is 68.8 cm³/mol. The number of halogens is 1. The zero-order valence-electron chi connectivity index (χ0n) is 9.67. The molecule has 0 bridgehead atoms. The maximum atomic E-state index is 6.12. The monoisotopic (exact) mass is 238 g/mol. The second-order valence-electron chi connectivity index (χ2n) is 4.63. The van der Waals surface area contributed by atoms with Gasteiger partial charge in [-0.2, -0.15) is 0 Å². The summed E-state index contributed by atoms with van der Waals surface area (Å²) in [6, 6.07) is 6.84. The van der Waals surface area contributed by atoms with Crippen LogP contribution in [0.5, 0.6) is 0 Å². The first-order valence-corrected chi connectivity index (χ1v) is 6.27. The minimum atomic E-state index is 0.517. The molecule has 1 heterocycles. The van der Waals surface area contributed by atoms with Crippen molar-refractivity contribution < 1.29 is 0 Å². The molecule has 1 saturated heterocycles. The quantitative estimate of drug-likeness (QED) is 0.847. The summed E-state index contributed by atoms with van der Waals surface area (Å²) in [5, 5.41) is 4.38. The van der Waals surface area contributed by atoms with E-state index in [4.69, 9.17) is 17.3 Å². The second kappa shape index (κ2) is 5.17. The van der Waals surface area contributed by atoms with Gasteiger partial charge in [-0.3, -0.25) is 0 Å². The Balaban J connectivity index is 2.05. The molecule has 1 fully saturated rings. The molecule has 16 heavy (non-hydrogen) atoms. The van der Waals surface area contributed by atoms with Crippen molar-refractivity contribution in [1.82, 2.24) is 5.32 Å². The Hall–Kier alpha value is -0.570. The molecule has 88 valence electrons. The lowest BCUT2D eigenvalue weighted by Gasteiger charge is -2.18. The van der Waals surface area contributed by atoms with Gasteiger partial charge in [0.15, 0.2) is 0 Å². The van der Waals surface area contributed by atoms with E-state index >= 15 is 0 Å². The maximum absolute atomic E-state index is 6.12. The lowest BCUT2D eigenvalue weighted by atomic mass is 9.94. The molecule has 0 spiro atoms. The van der Waals surface area contributed by atoms with Gasteiger partial charge in [-0.05, 0) is 56.0 Å². The zero-order valence-corrected chi connectivity index (χ0v) is 10.4. The summed E-state index contributed by atoms with van der Waals surface area (Å²) < 4.78 is 0. The molecule has 1 aromatic rings. The second-order valence-corrected chi connectivity index (χ2v) is 5.04. The first kappa shape index (κ1) is 11.9. The summed E-state index contributed by atoms with van der Waals surface area (Å²) in [7, 11) is 0. The van der Waals surface area contributed by atoms with E-state index in [-0.39, 0.29) is 0 Å². The van der Waals surface area contributed by atoms with Crippen LogP contribution in [0.15, 0.2) is 18.2 Å². The summed E-state index contributed by atoms with van der Waals surface area (Å²) in [5.41, 5.74) is 8.20. The maximum Gasteiger partial charge on any atom is 0.0437 e. The Kier molecular flexibility index (Phi) is 3.85. The van der Waals surface area contributed by atoms with E-state index in [0.29, 0.717) is 12.0 Å². The Morgan fingerprint density at radius 1 is 1.50 bits per heavy atom. The smallest absolute Gasteiger partial charge is 0.0437 e. The Labute approximate surface area is 102 Å². The third kappa shape index (κ3) is 2.57. The molecule has 0 amide bonds. The van der Waals surface area contributed by atoms with E-state index in [1.54, 1.807) is 0 Å². The highest BCUT2D eigenvalue weighted by Crippen LogP contribution is 2.22. The van der Waals surface area contributed by atoms with Crippen molar-refractivity contribution in [1.29, 1.82) is 0 Å². The van der Waals surface area contributed by atoms with Crippen molar-refractivity contribution in [3.05, 3.63) is 34.3 Å². The van der Waals surface area contributed by atoms with Gasteiger partial charge in [-0.25, -0.2) is 0 Å². The average Bonchev–Trinajstić information content (AvgIpc) is 2.71. The molecule has 2 unspecified atom stereocenters. The van der Waals surface area contributed by atoms with Crippen LogP contribution in [-0.2, 0) is 6.42 Å². The molecule has 2 nitrogen and oxygen atoms in total. The third-order valence-corrected chi connectivity index (χ3v) is 3.89. The van der Waals surface area contributed by atoms with Crippen molar-refractivity contribution in [2.45, 2.75) is 25.8 Å². The normalized spacial score (nSPS) is 24.9. The molecule has 0 radical (unpaired) electrons. The molecule has 0 aliphatic carbocycles. The third-order valence-electron chi connectivity index (χ3n) is 3.49. The van der Waals surface area contributed by atoms with E-state index in [2.05, 4.69) is 23.5 Å². The number of nitrogens with two attached hydrogens (primary N) is 1. The van der Waals surface area contributed by atoms with Crippen LogP contribution in [-0.4, -0.2) is 19.1 Å². The Bertz CT molecular complexity index is 365. The van der Waals surface area contributed by atoms with Crippen LogP contribution in [0.25, 0.3) is 0 Å². The molecule has 3 heteroatoms. The number of hydrogen-bond acceptors (Lipinski definition) is 2. The van der Waals surface area contributed by atoms with Crippen molar-refractivity contribution >= 4 is 11.6 Å². The lowest BCUT2D eigenvalue weighted by Crippen LogP contribution is -2.33. The molecule has 2 rings (SSSR count). The fourth-order valence-electron chi connectivity index (χ4n) is 2.36. The Morgan fingerprint density at radius 2 is 2.31 bits per heavy atom. The van der Waals surface area contributed by atoms with Crippen LogP contribution < -0.4 is 11.1 Å². The first-order chi connectivity index (χ1) is 7.70. The van der Waals surface area contributed by atoms with Crippen molar-refractivity contribution in [2.24, 2.45) is 11.7 Å². The fourth-order valence-corrected chi connectivity index (χ4v) is 2.56. The molecular formula is C13H19ClN2. The number of aryl methyl sites for hydroxylation is 1. The minimum absolute atomic E-state index is 0.517. The minimum Gasteiger partial charge on any atom is -0.330 e. The van der Waals surface area contributed by atoms with Crippen LogP contribution in [0.4, 0.5) is 0 Å². The van der Waals surface area contributed by atoms with E-state index in [9.17, 15) is 0 Å². The van der Waals surface area contributed by atoms with E-state index in [1.807, 2.05) is 6.92 Å². The van der Waals surface area contributed by atoms with Gasteiger partial charge in [0.1, 0.15) is 0 Å². The van der Waals surface area contributed by atoms with E-state index < -0.39 is 0 Å². The van der Waals surface area contributed by atoms with Gasteiger partial charge in [-0.15, -0.1) is 0 Å².